The first-order valence-corrected chi connectivity index (χ1v) is 5.62. The zero-order valence-corrected chi connectivity index (χ0v) is 9.56. The highest BCUT2D eigenvalue weighted by atomic mass is 32.1. The average Bonchev–Trinajstić information content (AvgIpc) is 2.16. The van der Waals surface area contributed by atoms with Crippen molar-refractivity contribution in [1.82, 2.24) is 0 Å². The highest BCUT2D eigenvalue weighted by Crippen LogP contribution is 2.27. The maximum absolute atomic E-state index is 11.1. The third kappa shape index (κ3) is 3.74. The quantitative estimate of drug-likeness (QED) is 0.444. The minimum atomic E-state index is -0.266. The van der Waals surface area contributed by atoms with Crippen LogP contribution in [0.1, 0.15) is 32.6 Å². The normalized spacial score (nSPS) is 27.0. The topological polar surface area (TPSA) is 26.3 Å². The summed E-state index contributed by atoms with van der Waals surface area (Å²) in [5.74, 6) is 0.264. The lowest BCUT2D eigenvalue weighted by Gasteiger charge is -2.25. The van der Waals surface area contributed by atoms with Crippen molar-refractivity contribution in [3.8, 4) is 0 Å². The monoisotopic (exact) mass is 214 g/mol. The molecule has 14 heavy (non-hydrogen) atoms. The first kappa shape index (κ1) is 11.6. The molecule has 80 valence electrons. The van der Waals surface area contributed by atoms with Crippen molar-refractivity contribution in [3.05, 3.63) is 12.2 Å². The van der Waals surface area contributed by atoms with Crippen LogP contribution in [0, 0.1) is 5.92 Å². The molecule has 1 saturated carbocycles. The lowest BCUT2D eigenvalue weighted by Crippen LogP contribution is -2.20. The maximum atomic E-state index is 11.1. The van der Waals surface area contributed by atoms with Crippen LogP contribution in [0.3, 0.4) is 0 Å². The van der Waals surface area contributed by atoms with E-state index in [1.165, 1.54) is 0 Å². The molecular weight excluding hydrogens is 196 g/mol. The van der Waals surface area contributed by atoms with E-state index in [2.05, 4.69) is 19.2 Å². The molecule has 1 aliphatic carbocycles. The highest BCUT2D eigenvalue weighted by Gasteiger charge is 2.19. The molecule has 0 atom stereocenters. The predicted octanol–water partition coefficient (Wildman–Crippen LogP) is 2.59. The molecule has 0 aromatic heterocycles. The minimum absolute atomic E-state index is 0.266. The van der Waals surface area contributed by atoms with Gasteiger partial charge in [-0.15, -0.1) is 0 Å². The molecule has 1 aliphatic rings. The van der Waals surface area contributed by atoms with Gasteiger partial charge in [-0.2, -0.15) is 12.6 Å². The number of hydrogen-bond acceptors (Lipinski definition) is 3. The van der Waals surface area contributed by atoms with Crippen LogP contribution in [-0.4, -0.2) is 17.8 Å². The SMILES string of the molecule is C=C(C)C(=O)OCC1CCC(S)CC1. The lowest BCUT2D eigenvalue weighted by molar-refractivity contribution is -0.140. The summed E-state index contributed by atoms with van der Waals surface area (Å²) < 4.78 is 5.11. The Hall–Kier alpha value is -0.440. The summed E-state index contributed by atoms with van der Waals surface area (Å²) in [6.45, 7) is 5.77. The van der Waals surface area contributed by atoms with Crippen LogP contribution >= 0.6 is 12.6 Å². The second kappa shape index (κ2) is 5.44. The Morgan fingerprint density at radius 2 is 2.00 bits per heavy atom. The van der Waals surface area contributed by atoms with Gasteiger partial charge in [-0.25, -0.2) is 4.79 Å². The number of hydrogen-bond donors (Lipinski definition) is 1. The summed E-state index contributed by atoms with van der Waals surface area (Å²) in [6.07, 6.45) is 4.52. The van der Waals surface area contributed by atoms with Crippen LogP contribution in [0.2, 0.25) is 0 Å². The molecule has 0 heterocycles. The first-order valence-electron chi connectivity index (χ1n) is 5.10. The van der Waals surface area contributed by atoms with E-state index in [-0.39, 0.29) is 5.97 Å². The molecule has 0 amide bonds. The molecule has 0 spiro atoms. The van der Waals surface area contributed by atoms with Gasteiger partial charge in [0.25, 0.3) is 0 Å². The van der Waals surface area contributed by atoms with Crippen molar-refractivity contribution in [2.24, 2.45) is 5.92 Å². The van der Waals surface area contributed by atoms with Crippen LogP contribution in [0.4, 0.5) is 0 Å². The Morgan fingerprint density at radius 3 is 2.50 bits per heavy atom. The van der Waals surface area contributed by atoms with E-state index >= 15 is 0 Å². The minimum Gasteiger partial charge on any atom is -0.462 e. The second-order valence-corrected chi connectivity index (χ2v) is 4.78. The van der Waals surface area contributed by atoms with E-state index in [1.807, 2.05) is 0 Å². The van der Waals surface area contributed by atoms with Crippen molar-refractivity contribution < 1.29 is 9.53 Å². The average molecular weight is 214 g/mol. The first-order chi connectivity index (χ1) is 6.59. The van der Waals surface area contributed by atoms with Crippen molar-refractivity contribution >= 4 is 18.6 Å². The zero-order chi connectivity index (χ0) is 10.6. The molecule has 1 fully saturated rings. The predicted molar refractivity (Wildman–Crippen MR) is 60.5 cm³/mol. The summed E-state index contributed by atoms with van der Waals surface area (Å²) >= 11 is 4.42. The van der Waals surface area contributed by atoms with Crippen LogP contribution in [0.5, 0.6) is 0 Å². The van der Waals surface area contributed by atoms with E-state index in [0.717, 1.165) is 25.7 Å². The summed E-state index contributed by atoms with van der Waals surface area (Å²) in [5, 5.41) is 0.545. The molecule has 0 aromatic carbocycles. The van der Waals surface area contributed by atoms with E-state index < -0.39 is 0 Å². The molecular formula is C11H18O2S. The standard InChI is InChI=1S/C11H18O2S/c1-8(2)11(12)13-7-9-3-5-10(14)6-4-9/h9-10,14H,1,3-7H2,2H3. The number of thiol groups is 1. The molecule has 0 aromatic rings. The maximum Gasteiger partial charge on any atom is 0.333 e. The molecule has 1 rings (SSSR count). The van der Waals surface area contributed by atoms with E-state index in [0.29, 0.717) is 23.3 Å². The Bertz CT molecular complexity index is 217. The van der Waals surface area contributed by atoms with Gasteiger partial charge < -0.3 is 4.74 Å². The number of carbonyl (C=O) groups is 1. The fourth-order valence-corrected chi connectivity index (χ4v) is 1.93. The Kier molecular flexibility index (Phi) is 4.52. The van der Waals surface area contributed by atoms with Gasteiger partial charge in [0, 0.05) is 10.8 Å². The van der Waals surface area contributed by atoms with Gasteiger partial charge in [-0.05, 0) is 38.5 Å². The van der Waals surface area contributed by atoms with Crippen molar-refractivity contribution in [3.63, 3.8) is 0 Å². The molecule has 0 aliphatic heterocycles. The highest BCUT2D eigenvalue weighted by molar-refractivity contribution is 7.80. The van der Waals surface area contributed by atoms with Gasteiger partial charge in [-0.1, -0.05) is 6.58 Å². The molecule has 0 radical (unpaired) electrons. The van der Waals surface area contributed by atoms with Gasteiger partial charge in [0.1, 0.15) is 0 Å². The smallest absolute Gasteiger partial charge is 0.333 e. The van der Waals surface area contributed by atoms with E-state index in [4.69, 9.17) is 4.74 Å². The third-order valence-corrected chi connectivity index (χ3v) is 3.13. The second-order valence-electron chi connectivity index (χ2n) is 4.05. The summed E-state index contributed by atoms with van der Waals surface area (Å²) in [6, 6.07) is 0. The zero-order valence-electron chi connectivity index (χ0n) is 8.66. The largest absolute Gasteiger partial charge is 0.462 e. The number of esters is 1. The third-order valence-electron chi connectivity index (χ3n) is 2.61. The van der Waals surface area contributed by atoms with Gasteiger partial charge in [0.05, 0.1) is 6.61 Å². The van der Waals surface area contributed by atoms with Gasteiger partial charge in [0.15, 0.2) is 0 Å². The van der Waals surface area contributed by atoms with Crippen molar-refractivity contribution in [1.29, 1.82) is 0 Å². The fourth-order valence-electron chi connectivity index (χ4n) is 1.63. The van der Waals surface area contributed by atoms with E-state index in [9.17, 15) is 4.79 Å². The van der Waals surface area contributed by atoms with Crippen LogP contribution in [-0.2, 0) is 9.53 Å². The number of ether oxygens (including phenoxy) is 1. The molecule has 2 nitrogen and oxygen atoms in total. The molecule has 0 bridgehead atoms. The number of carbonyl (C=O) groups excluding carboxylic acids is 1. The Morgan fingerprint density at radius 1 is 1.43 bits per heavy atom. The van der Waals surface area contributed by atoms with Crippen LogP contribution in [0.15, 0.2) is 12.2 Å². The summed E-state index contributed by atoms with van der Waals surface area (Å²) in [5.41, 5.74) is 0.480. The molecule has 0 N–H and O–H groups in total. The summed E-state index contributed by atoms with van der Waals surface area (Å²) in [4.78, 5) is 11.1. The summed E-state index contributed by atoms with van der Waals surface area (Å²) in [7, 11) is 0. The van der Waals surface area contributed by atoms with Crippen LogP contribution < -0.4 is 0 Å². The van der Waals surface area contributed by atoms with Crippen molar-refractivity contribution in [2.45, 2.75) is 37.9 Å². The Labute approximate surface area is 91.1 Å². The number of rotatable bonds is 3. The van der Waals surface area contributed by atoms with Crippen molar-refractivity contribution in [2.75, 3.05) is 6.61 Å². The van der Waals surface area contributed by atoms with Crippen LogP contribution in [0.25, 0.3) is 0 Å². The lowest BCUT2D eigenvalue weighted by atomic mass is 9.89. The van der Waals surface area contributed by atoms with Gasteiger partial charge in [0.2, 0.25) is 0 Å². The van der Waals surface area contributed by atoms with Gasteiger partial charge >= 0.3 is 5.97 Å². The molecule has 0 saturated heterocycles. The molecule has 3 heteroatoms. The van der Waals surface area contributed by atoms with Gasteiger partial charge in [-0.3, -0.25) is 0 Å². The fraction of sp³-hybridized carbons (Fsp3) is 0.727. The molecule has 0 unspecified atom stereocenters. The Balaban J connectivity index is 2.19. The van der Waals surface area contributed by atoms with E-state index in [1.54, 1.807) is 6.92 Å².